The van der Waals surface area contributed by atoms with Crippen molar-refractivity contribution in [3.63, 3.8) is 0 Å². The SMILES string of the molecule is CCCCCCCCc1cc(-c2ccc(-c3ccc(OCCCO)cc3)cc2)ccc1OCCCO. The van der Waals surface area contributed by atoms with Gasteiger partial charge in [0.15, 0.2) is 0 Å². The highest BCUT2D eigenvalue weighted by Crippen LogP contribution is 2.30. The molecule has 3 rings (SSSR count). The Labute approximate surface area is 216 Å². The molecule has 0 atom stereocenters. The molecular weight excluding hydrogens is 448 g/mol. The van der Waals surface area contributed by atoms with Gasteiger partial charge in [0.2, 0.25) is 0 Å². The van der Waals surface area contributed by atoms with E-state index in [4.69, 9.17) is 19.7 Å². The van der Waals surface area contributed by atoms with Gasteiger partial charge in [-0.25, -0.2) is 0 Å². The number of hydrogen-bond donors (Lipinski definition) is 2. The van der Waals surface area contributed by atoms with E-state index in [1.165, 1.54) is 55.2 Å². The number of aryl methyl sites for hydroxylation is 1. The van der Waals surface area contributed by atoms with Gasteiger partial charge in [-0.05, 0) is 64.9 Å². The summed E-state index contributed by atoms with van der Waals surface area (Å²) in [7, 11) is 0. The molecule has 0 heterocycles. The Morgan fingerprint density at radius 3 is 1.72 bits per heavy atom. The zero-order chi connectivity index (χ0) is 25.4. The molecule has 0 fully saturated rings. The Bertz CT molecular complexity index is 996. The Balaban J connectivity index is 1.68. The molecule has 0 bridgehead atoms. The topological polar surface area (TPSA) is 58.9 Å². The zero-order valence-electron chi connectivity index (χ0n) is 21.8. The van der Waals surface area contributed by atoms with Gasteiger partial charge in [0, 0.05) is 26.1 Å². The summed E-state index contributed by atoms with van der Waals surface area (Å²) in [6.45, 7) is 3.61. The molecule has 0 amide bonds. The van der Waals surface area contributed by atoms with Crippen LogP contribution in [0.3, 0.4) is 0 Å². The van der Waals surface area contributed by atoms with Crippen molar-refractivity contribution in [2.24, 2.45) is 0 Å². The van der Waals surface area contributed by atoms with Crippen LogP contribution >= 0.6 is 0 Å². The molecule has 194 valence electrons. The first-order valence-corrected chi connectivity index (χ1v) is 13.6. The van der Waals surface area contributed by atoms with E-state index in [9.17, 15) is 0 Å². The average molecular weight is 491 g/mol. The van der Waals surface area contributed by atoms with Gasteiger partial charge in [0.1, 0.15) is 11.5 Å². The van der Waals surface area contributed by atoms with Crippen molar-refractivity contribution in [2.75, 3.05) is 26.4 Å². The summed E-state index contributed by atoms with van der Waals surface area (Å²) >= 11 is 0. The molecule has 3 aromatic rings. The minimum Gasteiger partial charge on any atom is -0.494 e. The third kappa shape index (κ3) is 9.00. The molecule has 0 radical (unpaired) electrons. The smallest absolute Gasteiger partial charge is 0.122 e. The van der Waals surface area contributed by atoms with Crippen molar-refractivity contribution < 1.29 is 19.7 Å². The van der Waals surface area contributed by atoms with Crippen LogP contribution < -0.4 is 9.47 Å². The van der Waals surface area contributed by atoms with Crippen molar-refractivity contribution in [3.05, 3.63) is 72.3 Å². The molecule has 0 aromatic heterocycles. The Hall–Kier alpha value is -2.82. The predicted molar refractivity (Wildman–Crippen MR) is 149 cm³/mol. The zero-order valence-corrected chi connectivity index (χ0v) is 21.8. The van der Waals surface area contributed by atoms with E-state index in [0.717, 1.165) is 29.0 Å². The molecule has 2 N–H and O–H groups in total. The van der Waals surface area contributed by atoms with Crippen molar-refractivity contribution in [1.82, 2.24) is 0 Å². The van der Waals surface area contributed by atoms with E-state index in [2.05, 4.69) is 61.5 Å². The van der Waals surface area contributed by atoms with E-state index in [1.807, 2.05) is 12.1 Å². The fraction of sp³-hybridized carbons (Fsp3) is 0.438. The second-order valence-corrected chi connectivity index (χ2v) is 9.29. The van der Waals surface area contributed by atoms with Gasteiger partial charge < -0.3 is 19.7 Å². The van der Waals surface area contributed by atoms with Gasteiger partial charge in [0.25, 0.3) is 0 Å². The highest BCUT2D eigenvalue weighted by Gasteiger charge is 2.08. The summed E-state index contributed by atoms with van der Waals surface area (Å²) in [5.41, 5.74) is 5.95. The van der Waals surface area contributed by atoms with Crippen LogP contribution in [0.2, 0.25) is 0 Å². The fourth-order valence-electron chi connectivity index (χ4n) is 4.29. The standard InChI is InChI=1S/C32H42O4/c1-2-3-4-5-6-7-10-30-25-29(17-20-32(30)36-24-9-22-34)28-13-11-26(12-14-28)27-15-18-31(19-16-27)35-23-8-21-33/h11-20,25,33-34H,2-10,21-24H2,1H3. The molecule has 0 saturated heterocycles. The second-order valence-electron chi connectivity index (χ2n) is 9.29. The molecule has 0 aliphatic heterocycles. The summed E-state index contributed by atoms with van der Waals surface area (Å²) in [6, 6.07) is 23.3. The van der Waals surface area contributed by atoms with Gasteiger partial charge in [-0.15, -0.1) is 0 Å². The van der Waals surface area contributed by atoms with Crippen LogP contribution in [0.5, 0.6) is 11.5 Å². The van der Waals surface area contributed by atoms with Gasteiger partial charge in [-0.3, -0.25) is 0 Å². The third-order valence-corrected chi connectivity index (χ3v) is 6.40. The Kier molecular flexibility index (Phi) is 12.4. The lowest BCUT2D eigenvalue weighted by Crippen LogP contribution is -2.02. The first-order valence-electron chi connectivity index (χ1n) is 13.6. The minimum atomic E-state index is 0.143. The first-order chi connectivity index (χ1) is 17.7. The Morgan fingerprint density at radius 2 is 1.08 bits per heavy atom. The predicted octanol–water partition coefficient (Wildman–Crippen LogP) is 7.45. The number of benzene rings is 3. The summed E-state index contributed by atoms with van der Waals surface area (Å²) in [6.07, 6.45) is 9.93. The van der Waals surface area contributed by atoms with E-state index < -0.39 is 0 Å². The normalized spacial score (nSPS) is 11.0. The van der Waals surface area contributed by atoms with Crippen LogP contribution in [0.25, 0.3) is 22.3 Å². The number of aliphatic hydroxyl groups excluding tert-OH is 2. The van der Waals surface area contributed by atoms with Crippen LogP contribution in [0.1, 0.15) is 63.9 Å². The molecular formula is C32H42O4. The van der Waals surface area contributed by atoms with E-state index >= 15 is 0 Å². The number of hydrogen-bond acceptors (Lipinski definition) is 4. The summed E-state index contributed by atoms with van der Waals surface area (Å²) in [5, 5.41) is 18.0. The molecule has 0 spiro atoms. The van der Waals surface area contributed by atoms with Gasteiger partial charge in [-0.1, -0.05) is 81.5 Å². The lowest BCUT2D eigenvalue weighted by molar-refractivity contribution is 0.232. The van der Waals surface area contributed by atoms with E-state index in [1.54, 1.807) is 0 Å². The monoisotopic (exact) mass is 490 g/mol. The molecule has 4 heteroatoms. The van der Waals surface area contributed by atoms with Gasteiger partial charge in [0.05, 0.1) is 13.2 Å². The number of ether oxygens (including phenoxy) is 2. The lowest BCUT2D eigenvalue weighted by Gasteiger charge is -2.14. The first kappa shape index (κ1) is 27.8. The highest BCUT2D eigenvalue weighted by molar-refractivity contribution is 5.71. The van der Waals surface area contributed by atoms with E-state index in [-0.39, 0.29) is 13.2 Å². The van der Waals surface area contributed by atoms with Gasteiger partial charge in [-0.2, -0.15) is 0 Å². The fourth-order valence-corrected chi connectivity index (χ4v) is 4.29. The summed E-state index contributed by atoms with van der Waals surface area (Å²) in [5.74, 6) is 1.77. The van der Waals surface area contributed by atoms with Crippen molar-refractivity contribution >= 4 is 0 Å². The molecule has 0 unspecified atom stereocenters. The lowest BCUT2D eigenvalue weighted by atomic mass is 9.97. The summed E-state index contributed by atoms with van der Waals surface area (Å²) in [4.78, 5) is 0. The maximum absolute atomic E-state index is 9.12. The number of rotatable bonds is 17. The van der Waals surface area contributed by atoms with Gasteiger partial charge >= 0.3 is 0 Å². The molecule has 4 nitrogen and oxygen atoms in total. The molecule has 0 saturated carbocycles. The van der Waals surface area contributed by atoms with Crippen molar-refractivity contribution in [2.45, 2.75) is 64.7 Å². The van der Waals surface area contributed by atoms with Crippen LogP contribution in [0, 0.1) is 0 Å². The van der Waals surface area contributed by atoms with E-state index in [0.29, 0.717) is 26.1 Å². The maximum atomic E-state index is 9.12. The third-order valence-electron chi connectivity index (χ3n) is 6.40. The number of unbranched alkanes of at least 4 members (excludes halogenated alkanes) is 5. The van der Waals surface area contributed by atoms with Crippen LogP contribution in [-0.4, -0.2) is 36.6 Å². The second kappa shape index (κ2) is 16.0. The molecule has 3 aromatic carbocycles. The minimum absolute atomic E-state index is 0.143. The highest BCUT2D eigenvalue weighted by atomic mass is 16.5. The molecule has 0 aliphatic carbocycles. The molecule has 0 aliphatic rings. The average Bonchev–Trinajstić information content (AvgIpc) is 2.92. The van der Waals surface area contributed by atoms with Crippen LogP contribution in [0.15, 0.2) is 66.7 Å². The summed E-state index contributed by atoms with van der Waals surface area (Å²) < 4.78 is 11.6. The largest absolute Gasteiger partial charge is 0.494 e. The van der Waals surface area contributed by atoms with Crippen LogP contribution in [-0.2, 0) is 6.42 Å². The van der Waals surface area contributed by atoms with Crippen LogP contribution in [0.4, 0.5) is 0 Å². The van der Waals surface area contributed by atoms with Crippen molar-refractivity contribution in [3.8, 4) is 33.8 Å². The maximum Gasteiger partial charge on any atom is 0.122 e. The number of aliphatic hydroxyl groups is 2. The Morgan fingerprint density at radius 1 is 0.556 bits per heavy atom. The molecule has 36 heavy (non-hydrogen) atoms. The van der Waals surface area contributed by atoms with Crippen molar-refractivity contribution in [1.29, 1.82) is 0 Å². The quantitative estimate of drug-likeness (QED) is 0.193.